The summed E-state index contributed by atoms with van der Waals surface area (Å²) in [6, 6.07) is 5.59. The SMILES string of the molecule is COc1ccc(OC)c(CC(=O)N2CCCC(c3nnc4n3CCCCC4)C2)c1. The minimum Gasteiger partial charge on any atom is -0.497 e. The summed E-state index contributed by atoms with van der Waals surface area (Å²) in [7, 11) is 3.26. The molecule has 1 aromatic heterocycles. The molecule has 0 radical (unpaired) electrons. The van der Waals surface area contributed by atoms with E-state index in [1.807, 2.05) is 23.1 Å². The number of aromatic nitrogens is 3. The topological polar surface area (TPSA) is 69.5 Å². The lowest BCUT2D eigenvalue weighted by Gasteiger charge is -2.32. The monoisotopic (exact) mass is 398 g/mol. The van der Waals surface area contributed by atoms with Crippen molar-refractivity contribution in [3.63, 3.8) is 0 Å². The van der Waals surface area contributed by atoms with Crippen LogP contribution in [-0.4, -0.2) is 52.9 Å². The summed E-state index contributed by atoms with van der Waals surface area (Å²) >= 11 is 0. The van der Waals surface area contributed by atoms with Gasteiger partial charge in [-0.1, -0.05) is 6.42 Å². The van der Waals surface area contributed by atoms with Crippen molar-refractivity contribution in [2.45, 2.75) is 57.4 Å². The average molecular weight is 399 g/mol. The lowest BCUT2D eigenvalue weighted by atomic mass is 9.96. The maximum absolute atomic E-state index is 13.1. The van der Waals surface area contributed by atoms with Crippen LogP contribution in [0.1, 0.15) is 55.2 Å². The first kappa shape index (κ1) is 19.7. The number of hydrogen-bond acceptors (Lipinski definition) is 5. The van der Waals surface area contributed by atoms with Gasteiger partial charge < -0.3 is 18.9 Å². The molecule has 1 saturated heterocycles. The number of benzene rings is 1. The molecule has 0 saturated carbocycles. The smallest absolute Gasteiger partial charge is 0.227 e. The summed E-state index contributed by atoms with van der Waals surface area (Å²) in [5.74, 6) is 4.02. The van der Waals surface area contributed by atoms with Gasteiger partial charge in [-0.2, -0.15) is 0 Å². The molecule has 1 fully saturated rings. The molecule has 3 heterocycles. The molecule has 4 rings (SSSR count). The maximum atomic E-state index is 13.1. The molecule has 2 aliphatic heterocycles. The number of methoxy groups -OCH3 is 2. The lowest BCUT2D eigenvalue weighted by molar-refractivity contribution is -0.131. The Morgan fingerprint density at radius 1 is 1.10 bits per heavy atom. The highest BCUT2D eigenvalue weighted by atomic mass is 16.5. The van der Waals surface area contributed by atoms with Gasteiger partial charge in [-0.15, -0.1) is 10.2 Å². The normalized spacial score (nSPS) is 19.4. The van der Waals surface area contributed by atoms with Crippen LogP contribution >= 0.6 is 0 Å². The largest absolute Gasteiger partial charge is 0.497 e. The maximum Gasteiger partial charge on any atom is 0.227 e. The number of piperidine rings is 1. The van der Waals surface area contributed by atoms with Crippen molar-refractivity contribution < 1.29 is 14.3 Å². The van der Waals surface area contributed by atoms with Crippen molar-refractivity contribution in [1.82, 2.24) is 19.7 Å². The quantitative estimate of drug-likeness (QED) is 0.774. The molecule has 156 valence electrons. The number of nitrogens with zero attached hydrogens (tertiary/aromatic N) is 4. The van der Waals surface area contributed by atoms with Crippen LogP contribution in [0, 0.1) is 0 Å². The Labute approximate surface area is 172 Å². The van der Waals surface area contributed by atoms with Gasteiger partial charge in [0.2, 0.25) is 5.91 Å². The van der Waals surface area contributed by atoms with Gasteiger partial charge in [0, 0.05) is 37.5 Å². The Balaban J connectivity index is 1.48. The van der Waals surface area contributed by atoms with E-state index in [9.17, 15) is 4.79 Å². The fraction of sp³-hybridized carbons (Fsp3) is 0.591. The van der Waals surface area contributed by atoms with Crippen molar-refractivity contribution in [1.29, 1.82) is 0 Å². The zero-order valence-electron chi connectivity index (χ0n) is 17.4. The highest BCUT2D eigenvalue weighted by Crippen LogP contribution is 2.29. The molecule has 29 heavy (non-hydrogen) atoms. The number of aryl methyl sites for hydroxylation is 1. The summed E-state index contributed by atoms with van der Waals surface area (Å²) in [4.78, 5) is 15.1. The molecule has 0 bridgehead atoms. The van der Waals surface area contributed by atoms with E-state index in [4.69, 9.17) is 9.47 Å². The fourth-order valence-corrected chi connectivity index (χ4v) is 4.52. The van der Waals surface area contributed by atoms with Gasteiger partial charge in [0.15, 0.2) is 0 Å². The van der Waals surface area contributed by atoms with Crippen LogP contribution in [0.15, 0.2) is 18.2 Å². The standard InChI is InChI=1S/C22H30N4O3/c1-28-18-9-10-19(29-2)17(13-18)14-21(27)25-11-6-7-16(15-25)22-24-23-20-8-4-3-5-12-26(20)22/h9-10,13,16H,3-8,11-12,14-15H2,1-2H3. The molecule has 1 atom stereocenters. The van der Waals surface area contributed by atoms with Gasteiger partial charge in [0.25, 0.3) is 0 Å². The van der Waals surface area contributed by atoms with Crippen LogP contribution < -0.4 is 9.47 Å². The van der Waals surface area contributed by atoms with Crippen molar-refractivity contribution in [3.8, 4) is 11.5 Å². The van der Waals surface area contributed by atoms with Crippen LogP contribution in [-0.2, 0) is 24.2 Å². The van der Waals surface area contributed by atoms with E-state index in [1.165, 1.54) is 19.3 Å². The molecule has 2 aromatic rings. The second-order valence-corrected chi connectivity index (χ2v) is 7.97. The first-order valence-corrected chi connectivity index (χ1v) is 10.6. The fourth-order valence-electron chi connectivity index (χ4n) is 4.52. The predicted molar refractivity (Wildman–Crippen MR) is 109 cm³/mol. The van der Waals surface area contributed by atoms with Crippen LogP contribution in [0.3, 0.4) is 0 Å². The molecule has 0 N–H and O–H groups in total. The second kappa shape index (κ2) is 8.84. The van der Waals surface area contributed by atoms with Crippen LogP contribution in [0.2, 0.25) is 0 Å². The molecule has 0 aliphatic carbocycles. The Morgan fingerprint density at radius 2 is 2.00 bits per heavy atom. The molecule has 1 amide bonds. The van der Waals surface area contributed by atoms with E-state index in [0.717, 1.165) is 61.1 Å². The number of likely N-dealkylation sites (tertiary alicyclic amines) is 1. The zero-order valence-corrected chi connectivity index (χ0v) is 17.4. The van der Waals surface area contributed by atoms with Crippen molar-refractivity contribution in [2.75, 3.05) is 27.3 Å². The van der Waals surface area contributed by atoms with Gasteiger partial charge >= 0.3 is 0 Å². The van der Waals surface area contributed by atoms with E-state index in [2.05, 4.69) is 14.8 Å². The van der Waals surface area contributed by atoms with Gasteiger partial charge in [-0.05, 0) is 43.9 Å². The van der Waals surface area contributed by atoms with Crippen molar-refractivity contribution in [3.05, 3.63) is 35.4 Å². The minimum atomic E-state index is 0.122. The molecule has 2 aliphatic rings. The lowest BCUT2D eigenvalue weighted by Crippen LogP contribution is -2.40. The molecule has 1 unspecified atom stereocenters. The van der Waals surface area contributed by atoms with Gasteiger partial charge in [0.05, 0.1) is 20.6 Å². The summed E-state index contributed by atoms with van der Waals surface area (Å²) < 4.78 is 13.1. The van der Waals surface area contributed by atoms with E-state index in [0.29, 0.717) is 13.0 Å². The molecular formula is C22H30N4O3. The summed E-state index contributed by atoms with van der Waals surface area (Å²) in [6.07, 6.45) is 7.00. The highest BCUT2D eigenvalue weighted by molar-refractivity contribution is 5.80. The van der Waals surface area contributed by atoms with E-state index in [-0.39, 0.29) is 11.8 Å². The van der Waals surface area contributed by atoms with Crippen molar-refractivity contribution >= 4 is 5.91 Å². The Kier molecular flexibility index (Phi) is 6.02. The summed E-state index contributed by atoms with van der Waals surface area (Å²) in [5, 5.41) is 8.98. The highest BCUT2D eigenvalue weighted by Gasteiger charge is 2.29. The summed E-state index contributed by atoms with van der Waals surface area (Å²) in [6.45, 7) is 2.51. The predicted octanol–water partition coefficient (Wildman–Crippen LogP) is 2.97. The van der Waals surface area contributed by atoms with Crippen LogP contribution in [0.5, 0.6) is 11.5 Å². The number of rotatable bonds is 5. The third-order valence-corrected chi connectivity index (χ3v) is 6.11. The number of carbonyl (C=O) groups is 1. The number of ether oxygens (including phenoxy) is 2. The molecule has 1 aromatic carbocycles. The minimum absolute atomic E-state index is 0.122. The van der Waals surface area contributed by atoms with Crippen LogP contribution in [0.4, 0.5) is 0 Å². The zero-order chi connectivity index (χ0) is 20.2. The van der Waals surface area contributed by atoms with Crippen LogP contribution in [0.25, 0.3) is 0 Å². The summed E-state index contributed by atoms with van der Waals surface area (Å²) in [5.41, 5.74) is 0.857. The molecular weight excluding hydrogens is 368 g/mol. The Bertz CT molecular complexity index is 864. The Hall–Kier alpha value is -2.57. The first-order valence-electron chi connectivity index (χ1n) is 10.6. The van der Waals surface area contributed by atoms with E-state index >= 15 is 0 Å². The Morgan fingerprint density at radius 3 is 2.83 bits per heavy atom. The second-order valence-electron chi connectivity index (χ2n) is 7.97. The number of fused-ring (bicyclic) bond motifs is 1. The molecule has 0 spiro atoms. The van der Waals surface area contributed by atoms with Crippen molar-refractivity contribution in [2.24, 2.45) is 0 Å². The number of carbonyl (C=O) groups excluding carboxylic acids is 1. The third-order valence-electron chi connectivity index (χ3n) is 6.11. The van der Waals surface area contributed by atoms with Gasteiger partial charge in [-0.3, -0.25) is 4.79 Å². The number of amides is 1. The third kappa shape index (κ3) is 4.23. The molecule has 7 heteroatoms. The molecule has 7 nitrogen and oxygen atoms in total. The van der Waals surface area contributed by atoms with Gasteiger partial charge in [-0.25, -0.2) is 0 Å². The van der Waals surface area contributed by atoms with E-state index < -0.39 is 0 Å². The number of hydrogen-bond donors (Lipinski definition) is 0. The first-order chi connectivity index (χ1) is 14.2. The average Bonchev–Trinajstić information content (AvgIpc) is 3.02. The van der Waals surface area contributed by atoms with Gasteiger partial charge in [0.1, 0.15) is 23.1 Å². The van der Waals surface area contributed by atoms with E-state index in [1.54, 1.807) is 14.2 Å².